The molecule has 0 aromatic heterocycles. The summed E-state index contributed by atoms with van der Waals surface area (Å²) in [6, 6.07) is 95.8. The zero-order valence-corrected chi connectivity index (χ0v) is 35.3. The maximum atomic E-state index is 2.49. The number of hydrogen-bond acceptors (Lipinski definition) is 1. The van der Waals surface area contributed by atoms with Crippen molar-refractivity contribution in [1.29, 1.82) is 0 Å². The average molecular weight is 814 g/mol. The Morgan fingerprint density at radius 1 is 0.281 bits per heavy atom. The first-order valence-corrected chi connectivity index (χ1v) is 22.2. The molecule has 0 fully saturated rings. The molecular formula is C63H43N. The van der Waals surface area contributed by atoms with Gasteiger partial charge in [0.2, 0.25) is 0 Å². The van der Waals surface area contributed by atoms with Gasteiger partial charge in [0.05, 0.1) is 16.8 Å². The molecule has 0 radical (unpaired) electrons. The van der Waals surface area contributed by atoms with Crippen LogP contribution in [0.15, 0.2) is 261 Å². The van der Waals surface area contributed by atoms with Gasteiger partial charge < -0.3 is 4.90 Å². The van der Waals surface area contributed by atoms with Crippen molar-refractivity contribution in [2.75, 3.05) is 4.90 Å². The van der Waals surface area contributed by atoms with Gasteiger partial charge in [-0.05, 0) is 108 Å². The largest absolute Gasteiger partial charge is 0.309 e. The van der Waals surface area contributed by atoms with E-state index in [1.807, 2.05) is 0 Å². The van der Waals surface area contributed by atoms with Crippen molar-refractivity contribution in [1.82, 2.24) is 0 Å². The van der Waals surface area contributed by atoms with Gasteiger partial charge in [-0.15, -0.1) is 0 Å². The van der Waals surface area contributed by atoms with Crippen molar-refractivity contribution in [2.24, 2.45) is 0 Å². The van der Waals surface area contributed by atoms with Crippen LogP contribution in [-0.2, 0) is 5.41 Å². The molecular weight excluding hydrogens is 771 g/mol. The van der Waals surface area contributed by atoms with Crippen molar-refractivity contribution < 1.29 is 0 Å². The second kappa shape index (κ2) is 15.6. The highest BCUT2D eigenvalue weighted by Crippen LogP contribution is 2.60. The van der Waals surface area contributed by atoms with Gasteiger partial charge in [0.15, 0.2) is 0 Å². The molecule has 64 heavy (non-hydrogen) atoms. The first-order valence-electron chi connectivity index (χ1n) is 22.2. The fraction of sp³-hybridized carbons (Fsp3) is 0.0159. The van der Waals surface area contributed by atoms with Gasteiger partial charge in [-0.3, -0.25) is 0 Å². The lowest BCUT2D eigenvalue weighted by Gasteiger charge is -2.34. The minimum absolute atomic E-state index is 0.515. The van der Waals surface area contributed by atoms with Gasteiger partial charge in [-0.1, -0.05) is 231 Å². The molecule has 12 rings (SSSR count). The Morgan fingerprint density at radius 3 is 1.53 bits per heavy atom. The Kier molecular flexibility index (Phi) is 9.13. The van der Waals surface area contributed by atoms with Crippen LogP contribution >= 0.6 is 0 Å². The summed E-state index contributed by atoms with van der Waals surface area (Å²) in [4.78, 5) is 2.49. The summed E-state index contributed by atoms with van der Waals surface area (Å²) in [5.41, 5.74) is 17.5. The van der Waals surface area contributed by atoms with E-state index in [0.29, 0.717) is 0 Å². The molecule has 0 heterocycles. The second-order valence-corrected chi connectivity index (χ2v) is 16.8. The lowest BCUT2D eigenvalue weighted by atomic mass is 9.68. The molecule has 0 N–H and O–H groups in total. The van der Waals surface area contributed by atoms with Crippen molar-refractivity contribution in [3.05, 3.63) is 283 Å². The zero-order chi connectivity index (χ0) is 42.5. The van der Waals surface area contributed by atoms with Gasteiger partial charge in [0, 0.05) is 16.8 Å². The van der Waals surface area contributed by atoms with Gasteiger partial charge in [0.25, 0.3) is 0 Å². The molecule has 0 atom stereocenters. The summed E-state index contributed by atoms with van der Waals surface area (Å²) in [6.07, 6.45) is 0. The standard InChI is InChI=1S/C63H43N/c1-4-17-44(18-5-1)45-37-40-53(41-38-45)64(61-30-16-28-59-62(61)57-26-12-14-27-58(57)63(59,51-20-6-2-7-21-51)52-22-8-3-9-23-52)60-29-15-13-25-56(60)48-33-31-46(32-34-48)49-39-42-55-50(43-49)36-35-47-19-10-11-24-54(47)55/h1-43H. The second-order valence-electron chi connectivity index (χ2n) is 16.8. The Morgan fingerprint density at radius 2 is 0.781 bits per heavy atom. The van der Waals surface area contributed by atoms with E-state index in [1.165, 1.54) is 77.2 Å². The molecule has 1 heteroatoms. The van der Waals surface area contributed by atoms with Gasteiger partial charge >= 0.3 is 0 Å². The molecule has 0 unspecified atom stereocenters. The molecule has 11 aromatic carbocycles. The molecule has 300 valence electrons. The molecule has 0 amide bonds. The van der Waals surface area contributed by atoms with Crippen LogP contribution in [0.25, 0.3) is 66.1 Å². The quantitative estimate of drug-likeness (QED) is 0.138. The fourth-order valence-electron chi connectivity index (χ4n) is 10.4. The fourth-order valence-corrected chi connectivity index (χ4v) is 10.4. The molecule has 0 spiro atoms. The van der Waals surface area contributed by atoms with E-state index >= 15 is 0 Å². The number of para-hydroxylation sites is 1. The molecule has 11 aromatic rings. The summed E-state index contributed by atoms with van der Waals surface area (Å²) in [5.74, 6) is 0. The zero-order valence-electron chi connectivity index (χ0n) is 35.3. The minimum atomic E-state index is -0.515. The van der Waals surface area contributed by atoms with Crippen molar-refractivity contribution in [3.63, 3.8) is 0 Å². The summed E-state index contributed by atoms with van der Waals surface area (Å²) in [6.45, 7) is 0. The Bertz CT molecular complexity index is 3420. The van der Waals surface area contributed by atoms with E-state index in [-0.39, 0.29) is 0 Å². The van der Waals surface area contributed by atoms with Crippen LogP contribution in [0, 0.1) is 0 Å². The summed E-state index contributed by atoms with van der Waals surface area (Å²) < 4.78 is 0. The van der Waals surface area contributed by atoms with Crippen LogP contribution in [0.2, 0.25) is 0 Å². The molecule has 1 nitrogen and oxygen atoms in total. The van der Waals surface area contributed by atoms with Crippen molar-refractivity contribution >= 4 is 38.6 Å². The number of benzene rings is 11. The monoisotopic (exact) mass is 813 g/mol. The van der Waals surface area contributed by atoms with E-state index < -0.39 is 5.41 Å². The summed E-state index contributed by atoms with van der Waals surface area (Å²) in [7, 11) is 0. The lowest BCUT2D eigenvalue weighted by Crippen LogP contribution is -2.28. The van der Waals surface area contributed by atoms with Crippen molar-refractivity contribution in [3.8, 4) is 44.5 Å². The van der Waals surface area contributed by atoms with Gasteiger partial charge in [-0.2, -0.15) is 0 Å². The highest BCUT2D eigenvalue weighted by Gasteiger charge is 2.47. The van der Waals surface area contributed by atoms with E-state index in [9.17, 15) is 0 Å². The number of hydrogen-bond donors (Lipinski definition) is 0. The van der Waals surface area contributed by atoms with E-state index in [2.05, 4.69) is 266 Å². The molecule has 0 aliphatic heterocycles. The lowest BCUT2D eigenvalue weighted by molar-refractivity contribution is 0.768. The Balaban J connectivity index is 1.04. The third-order valence-corrected chi connectivity index (χ3v) is 13.4. The predicted octanol–water partition coefficient (Wildman–Crippen LogP) is 16.8. The SMILES string of the molecule is c1ccc(-c2ccc(N(c3ccccc3-c3ccc(-c4ccc5c(ccc6ccccc65)c4)cc3)c3cccc4c3-c3ccccc3C4(c3ccccc3)c3ccccc3)cc2)cc1. The van der Waals surface area contributed by atoms with E-state index in [4.69, 9.17) is 0 Å². The number of fused-ring (bicyclic) bond motifs is 6. The van der Waals surface area contributed by atoms with Crippen LogP contribution in [0.1, 0.15) is 22.3 Å². The third-order valence-electron chi connectivity index (χ3n) is 13.4. The average Bonchev–Trinajstić information content (AvgIpc) is 3.69. The summed E-state index contributed by atoms with van der Waals surface area (Å²) >= 11 is 0. The normalized spacial score (nSPS) is 12.5. The molecule has 0 saturated heterocycles. The van der Waals surface area contributed by atoms with Crippen LogP contribution in [-0.4, -0.2) is 0 Å². The number of rotatable bonds is 8. The first-order chi connectivity index (χ1) is 31.8. The highest BCUT2D eigenvalue weighted by atomic mass is 15.1. The predicted molar refractivity (Wildman–Crippen MR) is 270 cm³/mol. The van der Waals surface area contributed by atoms with Crippen LogP contribution in [0.3, 0.4) is 0 Å². The highest BCUT2D eigenvalue weighted by molar-refractivity contribution is 6.08. The number of anilines is 3. The van der Waals surface area contributed by atoms with Crippen molar-refractivity contribution in [2.45, 2.75) is 5.41 Å². The Labute approximate surface area is 374 Å². The molecule has 1 aliphatic rings. The van der Waals surface area contributed by atoms with E-state index in [1.54, 1.807) is 0 Å². The maximum Gasteiger partial charge on any atom is 0.0714 e. The maximum absolute atomic E-state index is 2.49. The van der Waals surface area contributed by atoms with Gasteiger partial charge in [-0.25, -0.2) is 0 Å². The van der Waals surface area contributed by atoms with Gasteiger partial charge in [0.1, 0.15) is 0 Å². The molecule has 0 saturated carbocycles. The number of nitrogens with zero attached hydrogens (tertiary/aromatic N) is 1. The topological polar surface area (TPSA) is 3.24 Å². The smallest absolute Gasteiger partial charge is 0.0714 e. The third kappa shape index (κ3) is 6.08. The van der Waals surface area contributed by atoms with Crippen LogP contribution < -0.4 is 4.90 Å². The first kappa shape index (κ1) is 37.5. The Hall–Kier alpha value is -8.26. The van der Waals surface area contributed by atoms with E-state index in [0.717, 1.165) is 28.2 Å². The van der Waals surface area contributed by atoms with Crippen LogP contribution in [0.4, 0.5) is 17.1 Å². The summed E-state index contributed by atoms with van der Waals surface area (Å²) in [5, 5.41) is 5.09. The minimum Gasteiger partial charge on any atom is -0.309 e. The molecule has 1 aliphatic carbocycles. The van der Waals surface area contributed by atoms with Crippen LogP contribution in [0.5, 0.6) is 0 Å². The molecule has 0 bridgehead atoms.